The first-order valence-electron chi connectivity index (χ1n) is 10.2. The number of carbonyl (C=O) groups excluding carboxylic acids is 1. The van der Waals surface area contributed by atoms with Gasteiger partial charge >= 0.3 is 5.69 Å². The molecule has 2 aromatic rings. The maximum atomic E-state index is 12.7. The number of nitro benzene ring substituents is 1. The summed E-state index contributed by atoms with van der Waals surface area (Å²) in [6.07, 6.45) is 3.56. The average Bonchev–Trinajstić information content (AvgIpc) is 3.03. The standard InChI is InChI=1S/C23H25N3O5S/c1-4-5-10-25-22(27)18(24-23(25)32)13-16-7-9-20(30-3)17(12-16)14-31-21-8-6-15(2)11-19(21)26(28)29/h6-9,11-13H,4-5,10,14H2,1-3H3,(H,24,32)/b18-13+. The summed E-state index contributed by atoms with van der Waals surface area (Å²) < 4.78 is 11.2. The Bertz CT molecular complexity index is 1080. The molecule has 1 amide bonds. The molecule has 8 nitrogen and oxygen atoms in total. The van der Waals surface area contributed by atoms with Crippen LogP contribution in [0.25, 0.3) is 6.08 Å². The van der Waals surface area contributed by atoms with Crippen molar-refractivity contribution < 1.29 is 19.2 Å². The molecule has 1 fully saturated rings. The minimum atomic E-state index is -0.467. The van der Waals surface area contributed by atoms with E-state index < -0.39 is 4.92 Å². The lowest BCUT2D eigenvalue weighted by molar-refractivity contribution is -0.386. The molecule has 1 saturated heterocycles. The van der Waals surface area contributed by atoms with Gasteiger partial charge in [-0.15, -0.1) is 0 Å². The number of nitro groups is 1. The molecule has 3 rings (SSSR count). The highest BCUT2D eigenvalue weighted by atomic mass is 32.1. The number of unbranched alkanes of at least 4 members (excludes halogenated alkanes) is 1. The molecule has 1 aliphatic rings. The van der Waals surface area contributed by atoms with Gasteiger partial charge in [-0.25, -0.2) is 0 Å². The first kappa shape index (κ1) is 23.2. The predicted octanol–water partition coefficient (Wildman–Crippen LogP) is 4.35. The Morgan fingerprint density at radius 3 is 2.66 bits per heavy atom. The van der Waals surface area contributed by atoms with Gasteiger partial charge in [0, 0.05) is 18.2 Å². The lowest BCUT2D eigenvalue weighted by Gasteiger charge is -2.12. The number of carbonyl (C=O) groups is 1. The smallest absolute Gasteiger partial charge is 0.311 e. The van der Waals surface area contributed by atoms with Crippen LogP contribution in [-0.4, -0.2) is 34.5 Å². The third-order valence-electron chi connectivity index (χ3n) is 5.01. The lowest BCUT2D eigenvalue weighted by atomic mass is 10.1. The van der Waals surface area contributed by atoms with Gasteiger partial charge < -0.3 is 14.8 Å². The second kappa shape index (κ2) is 10.2. The Kier molecular flexibility index (Phi) is 7.42. The summed E-state index contributed by atoms with van der Waals surface area (Å²) in [6, 6.07) is 10.2. The molecular weight excluding hydrogens is 430 g/mol. The number of thiocarbonyl (C=S) groups is 1. The van der Waals surface area contributed by atoms with Crippen molar-refractivity contribution in [3.63, 3.8) is 0 Å². The van der Waals surface area contributed by atoms with Crippen LogP contribution in [0.3, 0.4) is 0 Å². The average molecular weight is 456 g/mol. The van der Waals surface area contributed by atoms with Gasteiger partial charge in [-0.2, -0.15) is 0 Å². The van der Waals surface area contributed by atoms with Crippen LogP contribution < -0.4 is 14.8 Å². The molecule has 0 atom stereocenters. The fourth-order valence-electron chi connectivity index (χ4n) is 3.31. The number of ether oxygens (including phenoxy) is 2. The summed E-state index contributed by atoms with van der Waals surface area (Å²) in [5, 5.41) is 14.7. The van der Waals surface area contributed by atoms with E-state index in [1.807, 2.05) is 12.1 Å². The molecule has 0 unspecified atom stereocenters. The summed E-state index contributed by atoms with van der Waals surface area (Å²) in [7, 11) is 1.54. The van der Waals surface area contributed by atoms with Crippen molar-refractivity contribution >= 4 is 35.0 Å². The molecule has 0 bridgehead atoms. The van der Waals surface area contributed by atoms with E-state index in [2.05, 4.69) is 12.2 Å². The normalized spacial score (nSPS) is 14.6. The van der Waals surface area contributed by atoms with Gasteiger partial charge in [0.05, 0.1) is 12.0 Å². The largest absolute Gasteiger partial charge is 0.496 e. The van der Waals surface area contributed by atoms with Crippen LogP contribution in [0.4, 0.5) is 5.69 Å². The van der Waals surface area contributed by atoms with Crippen molar-refractivity contribution in [3.05, 3.63) is 68.9 Å². The number of nitrogens with one attached hydrogen (secondary N) is 1. The fraction of sp³-hybridized carbons (Fsp3) is 0.304. The number of aryl methyl sites for hydroxylation is 1. The van der Waals surface area contributed by atoms with Crippen molar-refractivity contribution in [1.82, 2.24) is 10.2 Å². The zero-order chi connectivity index (χ0) is 23.3. The van der Waals surface area contributed by atoms with Crippen molar-refractivity contribution in [1.29, 1.82) is 0 Å². The van der Waals surface area contributed by atoms with Crippen LogP contribution in [0.2, 0.25) is 0 Å². The quantitative estimate of drug-likeness (QED) is 0.260. The number of amides is 1. The fourth-order valence-corrected chi connectivity index (χ4v) is 3.59. The summed E-state index contributed by atoms with van der Waals surface area (Å²) in [6.45, 7) is 4.48. The van der Waals surface area contributed by atoms with Crippen LogP contribution in [0.15, 0.2) is 42.1 Å². The van der Waals surface area contributed by atoms with E-state index in [0.29, 0.717) is 28.7 Å². The van der Waals surface area contributed by atoms with E-state index in [9.17, 15) is 14.9 Å². The number of hydrogen-bond acceptors (Lipinski definition) is 6. The third kappa shape index (κ3) is 5.23. The number of rotatable bonds is 9. The second-order valence-electron chi connectivity index (χ2n) is 7.39. The SMILES string of the molecule is CCCCN1C(=O)/C(=C\c2ccc(OC)c(COc3ccc(C)cc3[N+](=O)[O-])c2)NC1=S. The highest BCUT2D eigenvalue weighted by Crippen LogP contribution is 2.30. The van der Waals surface area contributed by atoms with Crippen molar-refractivity contribution in [2.24, 2.45) is 0 Å². The van der Waals surface area contributed by atoms with Crippen LogP contribution >= 0.6 is 12.2 Å². The Labute approximate surface area is 192 Å². The number of benzene rings is 2. The van der Waals surface area contributed by atoms with Crippen LogP contribution in [0.1, 0.15) is 36.5 Å². The van der Waals surface area contributed by atoms with Gasteiger partial charge in [-0.3, -0.25) is 19.8 Å². The maximum Gasteiger partial charge on any atom is 0.311 e. The molecule has 2 aromatic carbocycles. The molecular formula is C23H25N3O5S. The molecule has 9 heteroatoms. The van der Waals surface area contributed by atoms with Gasteiger partial charge in [0.25, 0.3) is 5.91 Å². The molecule has 0 spiro atoms. The highest BCUT2D eigenvalue weighted by Gasteiger charge is 2.29. The van der Waals surface area contributed by atoms with Crippen LogP contribution in [-0.2, 0) is 11.4 Å². The van der Waals surface area contributed by atoms with E-state index in [0.717, 1.165) is 24.0 Å². The summed E-state index contributed by atoms with van der Waals surface area (Å²) >= 11 is 5.29. The minimum absolute atomic E-state index is 0.0620. The molecule has 168 valence electrons. The van der Waals surface area contributed by atoms with Gasteiger partial charge in [0.1, 0.15) is 18.1 Å². The van der Waals surface area contributed by atoms with Crippen LogP contribution in [0.5, 0.6) is 11.5 Å². The molecule has 1 N–H and O–H groups in total. The topological polar surface area (TPSA) is 93.9 Å². The molecule has 0 saturated carbocycles. The summed E-state index contributed by atoms with van der Waals surface area (Å²) in [5.74, 6) is 0.594. The zero-order valence-electron chi connectivity index (χ0n) is 18.2. The van der Waals surface area contributed by atoms with E-state index >= 15 is 0 Å². The third-order valence-corrected chi connectivity index (χ3v) is 5.33. The predicted molar refractivity (Wildman–Crippen MR) is 125 cm³/mol. The summed E-state index contributed by atoms with van der Waals surface area (Å²) in [5.41, 5.74) is 2.52. The molecule has 32 heavy (non-hydrogen) atoms. The van der Waals surface area contributed by atoms with Gasteiger partial charge in [0.15, 0.2) is 10.9 Å². The number of nitrogens with zero attached hydrogens (tertiary/aromatic N) is 2. The molecule has 0 aliphatic carbocycles. The van der Waals surface area contributed by atoms with Crippen molar-refractivity contribution in [3.8, 4) is 11.5 Å². The van der Waals surface area contributed by atoms with Gasteiger partial charge in [-0.1, -0.05) is 25.5 Å². The van der Waals surface area contributed by atoms with Gasteiger partial charge in [-0.05, 0) is 61.0 Å². The Morgan fingerprint density at radius 1 is 1.22 bits per heavy atom. The zero-order valence-corrected chi connectivity index (χ0v) is 19.0. The van der Waals surface area contributed by atoms with Crippen molar-refractivity contribution in [2.45, 2.75) is 33.3 Å². The van der Waals surface area contributed by atoms with Gasteiger partial charge in [0.2, 0.25) is 0 Å². The molecule has 1 aliphatic heterocycles. The first-order valence-corrected chi connectivity index (χ1v) is 10.6. The van der Waals surface area contributed by atoms with E-state index in [1.165, 1.54) is 13.2 Å². The monoisotopic (exact) mass is 455 g/mol. The van der Waals surface area contributed by atoms with E-state index in [4.69, 9.17) is 21.7 Å². The lowest BCUT2D eigenvalue weighted by Crippen LogP contribution is -2.31. The van der Waals surface area contributed by atoms with Crippen molar-refractivity contribution in [2.75, 3.05) is 13.7 Å². The maximum absolute atomic E-state index is 12.7. The number of hydrogen-bond donors (Lipinski definition) is 1. The second-order valence-corrected chi connectivity index (χ2v) is 7.77. The van der Waals surface area contributed by atoms with E-state index in [-0.39, 0.29) is 24.0 Å². The Morgan fingerprint density at radius 2 is 1.97 bits per heavy atom. The minimum Gasteiger partial charge on any atom is -0.496 e. The molecule has 0 radical (unpaired) electrons. The van der Waals surface area contributed by atoms with E-state index in [1.54, 1.807) is 36.1 Å². The molecule has 0 aromatic heterocycles. The summed E-state index contributed by atoms with van der Waals surface area (Å²) in [4.78, 5) is 25.1. The Hall–Kier alpha value is -3.46. The number of methoxy groups -OCH3 is 1. The van der Waals surface area contributed by atoms with Crippen LogP contribution in [0, 0.1) is 17.0 Å². The Balaban J connectivity index is 1.83. The highest BCUT2D eigenvalue weighted by molar-refractivity contribution is 7.80. The molecule has 1 heterocycles. The first-order chi connectivity index (χ1) is 15.3.